The molecule has 9 heteroatoms. The molecular formula is C16H10Cl2N2O4S. The van der Waals surface area contributed by atoms with Gasteiger partial charge in [-0.25, -0.2) is 0 Å². The zero-order valence-electron chi connectivity index (χ0n) is 12.7. The third-order valence-electron chi connectivity index (χ3n) is 3.45. The first-order chi connectivity index (χ1) is 11.9. The summed E-state index contributed by atoms with van der Waals surface area (Å²) in [4.78, 5) is 23.4. The minimum atomic E-state index is -0.503. The summed E-state index contributed by atoms with van der Waals surface area (Å²) in [5.41, 5.74) is 0.284. The number of methoxy groups -OCH3 is 1. The van der Waals surface area contributed by atoms with Gasteiger partial charge in [0.15, 0.2) is 0 Å². The molecule has 0 saturated heterocycles. The fourth-order valence-electron chi connectivity index (χ4n) is 2.32. The number of carbonyl (C=O) groups is 1. The molecule has 0 aliphatic heterocycles. The lowest BCUT2D eigenvalue weighted by molar-refractivity contribution is -0.382. The molecular weight excluding hydrogens is 387 g/mol. The summed E-state index contributed by atoms with van der Waals surface area (Å²) in [6.45, 7) is 0. The van der Waals surface area contributed by atoms with Crippen molar-refractivity contribution < 1.29 is 14.5 Å². The van der Waals surface area contributed by atoms with Crippen LogP contribution in [0, 0.1) is 10.1 Å². The molecule has 0 saturated carbocycles. The number of carbonyl (C=O) groups excluding carboxylic acids is 1. The van der Waals surface area contributed by atoms with Crippen LogP contribution in [0.2, 0.25) is 10.0 Å². The van der Waals surface area contributed by atoms with Crippen molar-refractivity contribution >= 4 is 61.9 Å². The normalized spacial score (nSPS) is 10.7. The minimum absolute atomic E-state index is 0.0937. The molecule has 1 N–H and O–H groups in total. The SMILES string of the molecule is COc1ccc(Cl)cc1NC(=O)c1sc2c([N+](=O)[O-])cccc2c1Cl. The van der Waals surface area contributed by atoms with E-state index in [4.69, 9.17) is 27.9 Å². The van der Waals surface area contributed by atoms with Gasteiger partial charge in [-0.05, 0) is 18.2 Å². The number of ether oxygens (including phenoxy) is 1. The lowest BCUT2D eigenvalue weighted by Gasteiger charge is -2.10. The van der Waals surface area contributed by atoms with E-state index in [9.17, 15) is 14.9 Å². The molecule has 2 aromatic carbocycles. The van der Waals surface area contributed by atoms with Crippen LogP contribution < -0.4 is 10.1 Å². The number of halogens is 2. The lowest BCUT2D eigenvalue weighted by Crippen LogP contribution is -2.11. The van der Waals surface area contributed by atoms with Gasteiger partial charge >= 0.3 is 0 Å². The van der Waals surface area contributed by atoms with Gasteiger partial charge in [0.25, 0.3) is 11.6 Å². The summed E-state index contributed by atoms with van der Waals surface area (Å²) in [5, 5.41) is 14.9. The third-order valence-corrected chi connectivity index (χ3v) is 5.41. The first kappa shape index (κ1) is 17.5. The highest BCUT2D eigenvalue weighted by molar-refractivity contribution is 7.22. The number of nitrogens with zero attached hydrogens (tertiary/aromatic N) is 1. The van der Waals surface area contributed by atoms with Crippen molar-refractivity contribution in [3.05, 3.63) is 61.4 Å². The van der Waals surface area contributed by atoms with E-state index < -0.39 is 10.8 Å². The standard InChI is InChI=1S/C16H10Cl2N2O4S/c1-24-12-6-5-8(17)7-10(12)19-16(21)15-13(18)9-3-2-4-11(20(22)23)14(9)25-15/h2-7H,1H3,(H,19,21). The molecule has 0 aliphatic rings. The molecule has 3 rings (SSSR count). The Kier molecular flexibility index (Phi) is 4.80. The van der Waals surface area contributed by atoms with Crippen LogP contribution >= 0.6 is 34.5 Å². The number of fused-ring (bicyclic) bond motifs is 1. The maximum atomic E-state index is 12.6. The average Bonchev–Trinajstić information content (AvgIpc) is 2.92. The summed E-state index contributed by atoms with van der Waals surface area (Å²) in [5.74, 6) is -0.0676. The topological polar surface area (TPSA) is 81.5 Å². The summed E-state index contributed by atoms with van der Waals surface area (Å²) < 4.78 is 5.53. The Morgan fingerprint density at radius 1 is 1.28 bits per heavy atom. The fourth-order valence-corrected chi connectivity index (χ4v) is 3.98. The number of benzene rings is 2. The number of amides is 1. The second-order valence-electron chi connectivity index (χ2n) is 4.95. The van der Waals surface area contributed by atoms with E-state index in [2.05, 4.69) is 5.32 Å². The number of thiophene rings is 1. The number of nitrogens with one attached hydrogen (secondary N) is 1. The molecule has 1 aromatic heterocycles. The molecule has 6 nitrogen and oxygen atoms in total. The van der Waals surface area contributed by atoms with Gasteiger partial charge < -0.3 is 10.1 Å². The number of nitro benzene ring substituents is 1. The number of anilines is 1. The molecule has 128 valence electrons. The van der Waals surface area contributed by atoms with E-state index in [0.717, 1.165) is 11.3 Å². The van der Waals surface area contributed by atoms with Gasteiger partial charge in [0.05, 0.1) is 22.7 Å². The smallest absolute Gasteiger partial charge is 0.287 e. The Balaban J connectivity index is 2.04. The largest absolute Gasteiger partial charge is 0.495 e. The second kappa shape index (κ2) is 6.87. The highest BCUT2D eigenvalue weighted by atomic mass is 35.5. The van der Waals surface area contributed by atoms with Crippen LogP contribution in [0.1, 0.15) is 9.67 Å². The molecule has 0 radical (unpaired) electrons. The Hall–Kier alpha value is -2.35. The van der Waals surface area contributed by atoms with Crippen LogP contribution in [-0.2, 0) is 0 Å². The Labute approximate surface area is 156 Å². The van der Waals surface area contributed by atoms with Gasteiger partial charge in [-0.3, -0.25) is 14.9 Å². The van der Waals surface area contributed by atoms with Gasteiger partial charge in [0.1, 0.15) is 15.3 Å². The molecule has 0 fully saturated rings. The Morgan fingerprint density at radius 2 is 2.04 bits per heavy atom. The number of hydrogen-bond donors (Lipinski definition) is 1. The first-order valence-electron chi connectivity index (χ1n) is 6.92. The van der Waals surface area contributed by atoms with E-state index in [1.165, 1.54) is 19.2 Å². The molecule has 0 aliphatic carbocycles. The van der Waals surface area contributed by atoms with Crippen molar-refractivity contribution in [2.45, 2.75) is 0 Å². The second-order valence-corrected chi connectivity index (χ2v) is 6.79. The fraction of sp³-hybridized carbons (Fsp3) is 0.0625. The summed E-state index contributed by atoms with van der Waals surface area (Å²) >= 11 is 13.2. The predicted octanol–water partition coefficient (Wildman–Crippen LogP) is 5.38. The van der Waals surface area contributed by atoms with Gasteiger partial charge in [-0.1, -0.05) is 35.3 Å². The lowest BCUT2D eigenvalue weighted by atomic mass is 10.2. The monoisotopic (exact) mass is 396 g/mol. The van der Waals surface area contributed by atoms with Crippen LogP contribution in [0.15, 0.2) is 36.4 Å². The van der Waals surface area contributed by atoms with Crippen LogP contribution in [0.5, 0.6) is 5.75 Å². The van der Waals surface area contributed by atoms with Gasteiger partial charge in [0, 0.05) is 16.5 Å². The van der Waals surface area contributed by atoms with Crippen molar-refractivity contribution in [3.63, 3.8) is 0 Å². The van der Waals surface area contributed by atoms with E-state index in [-0.39, 0.29) is 15.6 Å². The first-order valence-corrected chi connectivity index (χ1v) is 8.50. The Bertz CT molecular complexity index is 1000. The van der Waals surface area contributed by atoms with E-state index in [0.29, 0.717) is 26.5 Å². The summed E-state index contributed by atoms with van der Waals surface area (Å²) in [7, 11) is 1.47. The van der Waals surface area contributed by atoms with Crippen LogP contribution in [0.4, 0.5) is 11.4 Å². The van der Waals surface area contributed by atoms with Gasteiger partial charge in [-0.15, -0.1) is 11.3 Å². The molecule has 0 spiro atoms. The van der Waals surface area contributed by atoms with E-state index >= 15 is 0 Å². The van der Waals surface area contributed by atoms with E-state index in [1.807, 2.05) is 0 Å². The maximum Gasteiger partial charge on any atom is 0.287 e. The van der Waals surface area contributed by atoms with Crippen LogP contribution in [0.3, 0.4) is 0 Å². The zero-order valence-corrected chi connectivity index (χ0v) is 15.0. The predicted molar refractivity (Wildman–Crippen MR) is 99.4 cm³/mol. The molecule has 1 heterocycles. The minimum Gasteiger partial charge on any atom is -0.495 e. The molecule has 25 heavy (non-hydrogen) atoms. The highest BCUT2D eigenvalue weighted by Crippen LogP contribution is 2.40. The molecule has 3 aromatic rings. The number of rotatable bonds is 4. The van der Waals surface area contributed by atoms with Crippen LogP contribution in [0.25, 0.3) is 10.1 Å². The van der Waals surface area contributed by atoms with Crippen LogP contribution in [-0.4, -0.2) is 17.9 Å². The average molecular weight is 397 g/mol. The molecule has 1 amide bonds. The third kappa shape index (κ3) is 3.26. The quantitative estimate of drug-likeness (QED) is 0.474. The molecule has 0 unspecified atom stereocenters. The molecule has 0 atom stereocenters. The maximum absolute atomic E-state index is 12.6. The highest BCUT2D eigenvalue weighted by Gasteiger charge is 2.23. The number of nitro groups is 1. The van der Waals surface area contributed by atoms with Crippen molar-refractivity contribution in [3.8, 4) is 5.75 Å². The summed E-state index contributed by atoms with van der Waals surface area (Å²) in [6, 6.07) is 9.33. The van der Waals surface area contributed by atoms with Crippen molar-refractivity contribution in [1.29, 1.82) is 0 Å². The number of non-ortho nitro benzene ring substituents is 1. The van der Waals surface area contributed by atoms with Crippen molar-refractivity contribution in [2.24, 2.45) is 0 Å². The summed E-state index contributed by atoms with van der Waals surface area (Å²) in [6.07, 6.45) is 0. The number of hydrogen-bond acceptors (Lipinski definition) is 5. The molecule has 0 bridgehead atoms. The van der Waals surface area contributed by atoms with Crippen molar-refractivity contribution in [2.75, 3.05) is 12.4 Å². The van der Waals surface area contributed by atoms with Gasteiger partial charge in [0.2, 0.25) is 0 Å². The van der Waals surface area contributed by atoms with Crippen molar-refractivity contribution in [1.82, 2.24) is 0 Å². The Morgan fingerprint density at radius 3 is 2.72 bits per heavy atom. The van der Waals surface area contributed by atoms with E-state index in [1.54, 1.807) is 24.3 Å². The zero-order chi connectivity index (χ0) is 18.1. The van der Waals surface area contributed by atoms with Gasteiger partial charge in [-0.2, -0.15) is 0 Å².